The molecule has 0 atom stereocenters. The summed E-state index contributed by atoms with van der Waals surface area (Å²) >= 11 is 6.32. The second kappa shape index (κ2) is 7.73. The van der Waals surface area contributed by atoms with Crippen LogP contribution in [0, 0.1) is 5.41 Å². The maximum absolute atomic E-state index is 13.7. The third-order valence-electron chi connectivity index (χ3n) is 4.47. The van der Waals surface area contributed by atoms with E-state index in [1.807, 2.05) is 6.92 Å². The number of nitrogens with zero attached hydrogens (tertiary/aromatic N) is 3. The van der Waals surface area contributed by atoms with Crippen molar-refractivity contribution in [1.29, 1.82) is 0 Å². The first-order valence-corrected chi connectivity index (χ1v) is 8.90. The first-order chi connectivity index (χ1) is 12.4. The zero-order chi connectivity index (χ0) is 20.6. The molecule has 3 nitrogen and oxygen atoms in total. The van der Waals surface area contributed by atoms with Crippen molar-refractivity contribution in [1.82, 2.24) is 14.8 Å². The summed E-state index contributed by atoms with van der Waals surface area (Å²) in [6, 6.07) is 1.03. The van der Waals surface area contributed by atoms with E-state index in [4.69, 9.17) is 11.6 Å². The summed E-state index contributed by atoms with van der Waals surface area (Å²) in [4.78, 5) is 4.02. The molecule has 0 bridgehead atoms. The Balaban J connectivity index is 2.57. The lowest BCUT2D eigenvalue weighted by Crippen LogP contribution is -2.34. The number of halogens is 6. The average Bonchev–Trinajstić information content (AvgIpc) is 2.89. The van der Waals surface area contributed by atoms with Gasteiger partial charge in [0.15, 0.2) is 0 Å². The van der Waals surface area contributed by atoms with Gasteiger partial charge in [-0.2, -0.15) is 18.3 Å². The van der Waals surface area contributed by atoms with E-state index in [0.717, 1.165) is 26.1 Å². The molecule has 27 heavy (non-hydrogen) atoms. The Hall–Kier alpha value is -1.70. The molecule has 0 fully saturated rings. The summed E-state index contributed by atoms with van der Waals surface area (Å²) < 4.78 is 68.2. The molecule has 0 aliphatic carbocycles. The molecule has 0 aromatic carbocycles. The molecule has 0 aliphatic heterocycles. The summed E-state index contributed by atoms with van der Waals surface area (Å²) in [5, 5.41) is 4.56. The van der Waals surface area contributed by atoms with E-state index < -0.39 is 30.0 Å². The zero-order valence-electron chi connectivity index (χ0n) is 15.5. The van der Waals surface area contributed by atoms with Crippen molar-refractivity contribution >= 4 is 11.6 Å². The van der Waals surface area contributed by atoms with Crippen molar-refractivity contribution in [2.75, 3.05) is 0 Å². The van der Waals surface area contributed by atoms with Crippen molar-refractivity contribution in [2.45, 2.75) is 59.7 Å². The minimum Gasteiger partial charge on any atom is -0.263 e. The maximum Gasteiger partial charge on any atom is 0.394 e. The highest BCUT2D eigenvalue weighted by molar-refractivity contribution is 6.33. The molecule has 0 N–H and O–H groups in total. The summed E-state index contributed by atoms with van der Waals surface area (Å²) in [5.74, 6) is 0. The molecule has 0 amide bonds. The van der Waals surface area contributed by atoms with Crippen LogP contribution in [0.25, 0.3) is 11.3 Å². The SMILES string of the molecule is CCc1nn(CC)c(-c2cnc(CC(C)(C)C(F)(F)F)cc2C(F)F)c1Cl. The smallest absolute Gasteiger partial charge is 0.263 e. The Morgan fingerprint density at radius 1 is 1.19 bits per heavy atom. The maximum atomic E-state index is 13.7. The molecule has 2 heterocycles. The summed E-state index contributed by atoms with van der Waals surface area (Å²) in [6.45, 7) is 6.07. The van der Waals surface area contributed by atoms with Gasteiger partial charge in [-0.15, -0.1) is 0 Å². The number of aromatic nitrogens is 3. The minimum absolute atomic E-state index is 0.0502. The lowest BCUT2D eigenvalue weighted by molar-refractivity contribution is -0.211. The molecule has 0 radical (unpaired) electrons. The van der Waals surface area contributed by atoms with Crippen LogP contribution in [0.5, 0.6) is 0 Å². The fourth-order valence-corrected chi connectivity index (χ4v) is 3.12. The first-order valence-electron chi connectivity index (χ1n) is 8.52. The lowest BCUT2D eigenvalue weighted by atomic mass is 9.86. The zero-order valence-corrected chi connectivity index (χ0v) is 16.2. The van der Waals surface area contributed by atoms with Crippen molar-refractivity contribution in [3.63, 3.8) is 0 Å². The molecule has 2 aromatic rings. The highest BCUT2D eigenvalue weighted by Crippen LogP contribution is 2.41. The monoisotopic (exact) mass is 409 g/mol. The normalized spacial score (nSPS) is 12.9. The first kappa shape index (κ1) is 21.6. The number of hydrogen-bond donors (Lipinski definition) is 0. The Kier molecular flexibility index (Phi) is 6.19. The molecule has 0 saturated heterocycles. The largest absolute Gasteiger partial charge is 0.394 e. The van der Waals surface area contributed by atoms with E-state index in [0.29, 0.717) is 24.4 Å². The minimum atomic E-state index is -4.47. The van der Waals surface area contributed by atoms with Crippen LogP contribution in [0.1, 0.15) is 51.1 Å². The van der Waals surface area contributed by atoms with Gasteiger partial charge < -0.3 is 0 Å². The molecule has 0 saturated carbocycles. The van der Waals surface area contributed by atoms with E-state index >= 15 is 0 Å². The van der Waals surface area contributed by atoms with Gasteiger partial charge in [0.2, 0.25) is 0 Å². The third kappa shape index (κ3) is 4.25. The topological polar surface area (TPSA) is 30.7 Å². The van der Waals surface area contributed by atoms with E-state index in [1.54, 1.807) is 6.92 Å². The van der Waals surface area contributed by atoms with Crippen LogP contribution >= 0.6 is 11.6 Å². The van der Waals surface area contributed by atoms with E-state index in [-0.39, 0.29) is 16.3 Å². The molecular weight excluding hydrogens is 389 g/mol. The number of alkyl halides is 5. The fourth-order valence-electron chi connectivity index (χ4n) is 2.75. The fraction of sp³-hybridized carbons (Fsp3) is 0.556. The highest BCUT2D eigenvalue weighted by Gasteiger charge is 2.47. The van der Waals surface area contributed by atoms with Gasteiger partial charge in [-0.3, -0.25) is 9.67 Å². The van der Waals surface area contributed by atoms with Crippen LogP contribution in [0.15, 0.2) is 12.3 Å². The molecule has 0 spiro atoms. The molecule has 2 rings (SSSR count). The van der Waals surface area contributed by atoms with Crippen LogP contribution in [0.2, 0.25) is 5.02 Å². The number of aryl methyl sites for hydroxylation is 2. The van der Waals surface area contributed by atoms with Gasteiger partial charge in [0.05, 0.1) is 21.8 Å². The number of pyridine rings is 1. The summed E-state index contributed by atoms with van der Waals surface area (Å²) in [6.07, 6.45) is -6.18. The van der Waals surface area contributed by atoms with Gasteiger partial charge in [-0.1, -0.05) is 32.4 Å². The van der Waals surface area contributed by atoms with Gasteiger partial charge in [-0.05, 0) is 19.4 Å². The molecule has 2 aromatic heterocycles. The average molecular weight is 410 g/mol. The molecule has 150 valence electrons. The van der Waals surface area contributed by atoms with Gasteiger partial charge in [0.1, 0.15) is 0 Å². The van der Waals surface area contributed by atoms with Gasteiger partial charge in [-0.25, -0.2) is 8.78 Å². The standard InChI is InChI=1S/C18H21ClF5N3/c1-5-13-14(19)15(27(6-2)26-13)12-9-25-10(7-11(12)16(20)21)8-17(3,4)18(22,23)24/h7,9,16H,5-6,8H2,1-4H3. The van der Waals surface area contributed by atoms with Crippen molar-refractivity contribution in [2.24, 2.45) is 5.41 Å². The van der Waals surface area contributed by atoms with E-state index in [1.165, 1.54) is 4.68 Å². The second-order valence-corrected chi connectivity index (χ2v) is 7.28. The van der Waals surface area contributed by atoms with Crippen LogP contribution < -0.4 is 0 Å². The summed E-state index contributed by atoms with van der Waals surface area (Å²) in [7, 11) is 0. The van der Waals surface area contributed by atoms with Gasteiger partial charge >= 0.3 is 6.18 Å². The molecule has 9 heteroatoms. The third-order valence-corrected chi connectivity index (χ3v) is 4.87. The Morgan fingerprint density at radius 3 is 2.30 bits per heavy atom. The van der Waals surface area contributed by atoms with Crippen molar-refractivity contribution < 1.29 is 22.0 Å². The molecule has 0 aliphatic rings. The predicted octanol–water partition coefficient (Wildman–Crippen LogP) is 6.25. The Bertz CT molecular complexity index is 812. The number of hydrogen-bond acceptors (Lipinski definition) is 2. The van der Waals surface area contributed by atoms with Crippen LogP contribution in [0.4, 0.5) is 22.0 Å². The van der Waals surface area contributed by atoms with E-state index in [2.05, 4.69) is 10.1 Å². The summed E-state index contributed by atoms with van der Waals surface area (Å²) in [5.41, 5.74) is -1.59. The van der Waals surface area contributed by atoms with Crippen LogP contribution in [-0.4, -0.2) is 20.9 Å². The quantitative estimate of drug-likeness (QED) is 0.528. The van der Waals surface area contributed by atoms with Crippen LogP contribution in [0.3, 0.4) is 0 Å². The predicted molar refractivity (Wildman–Crippen MR) is 94.0 cm³/mol. The van der Waals surface area contributed by atoms with Gasteiger partial charge in [0.25, 0.3) is 6.43 Å². The second-order valence-electron chi connectivity index (χ2n) is 6.90. The Labute approximate surface area is 159 Å². The van der Waals surface area contributed by atoms with Gasteiger partial charge in [0, 0.05) is 36.0 Å². The number of rotatable bonds is 6. The highest BCUT2D eigenvalue weighted by atomic mass is 35.5. The van der Waals surface area contributed by atoms with Crippen molar-refractivity contribution in [3.05, 3.63) is 34.2 Å². The lowest BCUT2D eigenvalue weighted by Gasteiger charge is -2.27. The molecular formula is C18H21ClF5N3. The van der Waals surface area contributed by atoms with Crippen molar-refractivity contribution in [3.8, 4) is 11.3 Å². The molecule has 0 unspecified atom stereocenters. The Morgan fingerprint density at radius 2 is 1.81 bits per heavy atom. The van der Waals surface area contributed by atoms with E-state index in [9.17, 15) is 22.0 Å². The van der Waals surface area contributed by atoms with Crippen LogP contribution in [-0.2, 0) is 19.4 Å².